The summed E-state index contributed by atoms with van der Waals surface area (Å²) in [4.78, 5) is 14.9. The van der Waals surface area contributed by atoms with Crippen molar-refractivity contribution in [1.82, 2.24) is 19.9 Å². The smallest absolute Gasteiger partial charge is 0.226 e. The summed E-state index contributed by atoms with van der Waals surface area (Å²) in [5.74, 6) is 0.426. The van der Waals surface area contributed by atoms with Gasteiger partial charge in [-0.05, 0) is 36.5 Å². The Hall–Kier alpha value is -2.99. The van der Waals surface area contributed by atoms with E-state index in [1.807, 2.05) is 48.5 Å². The number of aromatic nitrogens is 3. The second kappa shape index (κ2) is 7.12. The molecule has 1 aliphatic carbocycles. The van der Waals surface area contributed by atoms with Crippen molar-refractivity contribution >= 4 is 5.91 Å². The highest BCUT2D eigenvalue weighted by Crippen LogP contribution is 2.42. The van der Waals surface area contributed by atoms with Crippen LogP contribution in [0.5, 0.6) is 0 Å². The van der Waals surface area contributed by atoms with Crippen molar-refractivity contribution in [3.05, 3.63) is 78.1 Å². The van der Waals surface area contributed by atoms with E-state index in [0.717, 1.165) is 24.9 Å². The lowest BCUT2D eigenvalue weighted by molar-refractivity contribution is -0.162. The van der Waals surface area contributed by atoms with Gasteiger partial charge in [-0.1, -0.05) is 60.2 Å². The number of aliphatic hydroxyl groups is 1. The molecule has 5 rings (SSSR count). The van der Waals surface area contributed by atoms with Crippen LogP contribution in [0.15, 0.2) is 66.9 Å². The molecule has 1 amide bonds. The number of amides is 1. The fourth-order valence-corrected chi connectivity index (χ4v) is 4.68. The highest BCUT2D eigenvalue weighted by atomic mass is 16.3. The number of carbonyl (C=O) groups is 1. The Morgan fingerprint density at radius 3 is 2.41 bits per heavy atom. The standard InChI is InChI=1S/C23H24N4O2/c28-22(20-13-7-12-19(20)17-8-3-1-4-9-17)26-15-23(29,16-26)21-14-27(25-24-21)18-10-5-2-6-11-18/h1-6,8-11,14,19-20,29H,7,12-13,15-16H2. The normalized spacial score (nSPS) is 23.0. The molecular weight excluding hydrogens is 364 g/mol. The molecule has 29 heavy (non-hydrogen) atoms. The van der Waals surface area contributed by atoms with E-state index in [-0.39, 0.29) is 30.8 Å². The Bertz CT molecular complexity index is 996. The molecule has 2 fully saturated rings. The summed E-state index contributed by atoms with van der Waals surface area (Å²) in [5, 5.41) is 19.3. The molecule has 2 atom stereocenters. The van der Waals surface area contributed by atoms with Gasteiger partial charge >= 0.3 is 0 Å². The maximum atomic E-state index is 13.1. The van der Waals surface area contributed by atoms with Gasteiger partial charge in [0.25, 0.3) is 0 Å². The third-order valence-corrected chi connectivity index (χ3v) is 6.27. The third kappa shape index (κ3) is 3.23. The van der Waals surface area contributed by atoms with Crippen molar-refractivity contribution in [3.63, 3.8) is 0 Å². The molecule has 1 aromatic heterocycles. The number of hydrogen-bond acceptors (Lipinski definition) is 4. The van der Waals surface area contributed by atoms with Gasteiger partial charge in [0, 0.05) is 5.92 Å². The van der Waals surface area contributed by atoms with Crippen LogP contribution in [0, 0.1) is 5.92 Å². The first kappa shape index (κ1) is 18.1. The van der Waals surface area contributed by atoms with Crippen LogP contribution in [-0.2, 0) is 10.4 Å². The first-order chi connectivity index (χ1) is 14.1. The van der Waals surface area contributed by atoms with E-state index in [1.165, 1.54) is 5.56 Å². The van der Waals surface area contributed by atoms with E-state index in [9.17, 15) is 9.90 Å². The molecule has 1 saturated carbocycles. The van der Waals surface area contributed by atoms with E-state index in [0.29, 0.717) is 5.69 Å². The maximum absolute atomic E-state index is 13.1. The Morgan fingerprint density at radius 2 is 1.69 bits per heavy atom. The molecule has 0 bridgehead atoms. The molecule has 1 N–H and O–H groups in total. The van der Waals surface area contributed by atoms with Crippen LogP contribution in [0.4, 0.5) is 0 Å². The summed E-state index contributed by atoms with van der Waals surface area (Å²) in [7, 11) is 0. The Kier molecular flexibility index (Phi) is 4.43. The zero-order valence-corrected chi connectivity index (χ0v) is 16.2. The average molecular weight is 388 g/mol. The van der Waals surface area contributed by atoms with Crippen molar-refractivity contribution in [1.29, 1.82) is 0 Å². The number of benzene rings is 2. The van der Waals surface area contributed by atoms with Gasteiger partial charge in [-0.3, -0.25) is 4.79 Å². The van der Waals surface area contributed by atoms with Gasteiger partial charge in [-0.15, -0.1) is 5.10 Å². The summed E-state index contributed by atoms with van der Waals surface area (Å²) < 4.78 is 1.65. The summed E-state index contributed by atoms with van der Waals surface area (Å²) >= 11 is 0. The van der Waals surface area contributed by atoms with Crippen LogP contribution in [0.25, 0.3) is 5.69 Å². The fourth-order valence-electron chi connectivity index (χ4n) is 4.68. The maximum Gasteiger partial charge on any atom is 0.226 e. The minimum atomic E-state index is -1.12. The number of likely N-dealkylation sites (tertiary alicyclic amines) is 1. The molecule has 1 aliphatic heterocycles. The van der Waals surface area contributed by atoms with Crippen molar-refractivity contribution in [2.45, 2.75) is 30.8 Å². The molecule has 148 valence electrons. The summed E-state index contributed by atoms with van der Waals surface area (Å²) in [6.45, 7) is 0.550. The molecular formula is C23H24N4O2. The Morgan fingerprint density at radius 1 is 1.00 bits per heavy atom. The molecule has 2 aromatic carbocycles. The quantitative estimate of drug-likeness (QED) is 0.746. The predicted octanol–water partition coefficient (Wildman–Crippen LogP) is 2.88. The predicted molar refractivity (Wildman–Crippen MR) is 108 cm³/mol. The number of para-hydroxylation sites is 1. The zero-order valence-electron chi connectivity index (χ0n) is 16.2. The van der Waals surface area contributed by atoms with Gasteiger partial charge in [0.2, 0.25) is 5.91 Å². The van der Waals surface area contributed by atoms with E-state index in [2.05, 4.69) is 22.4 Å². The first-order valence-corrected chi connectivity index (χ1v) is 10.2. The van der Waals surface area contributed by atoms with Gasteiger partial charge < -0.3 is 10.0 Å². The Labute approximate surface area is 169 Å². The van der Waals surface area contributed by atoms with Crippen LogP contribution in [0.2, 0.25) is 0 Å². The van der Waals surface area contributed by atoms with Crippen LogP contribution in [-0.4, -0.2) is 44.0 Å². The van der Waals surface area contributed by atoms with E-state index >= 15 is 0 Å². The molecule has 2 unspecified atom stereocenters. The molecule has 1 saturated heterocycles. The molecule has 6 nitrogen and oxygen atoms in total. The molecule has 6 heteroatoms. The van der Waals surface area contributed by atoms with Crippen LogP contribution < -0.4 is 0 Å². The number of hydrogen-bond donors (Lipinski definition) is 1. The fraction of sp³-hybridized carbons (Fsp3) is 0.348. The zero-order chi connectivity index (χ0) is 19.8. The first-order valence-electron chi connectivity index (χ1n) is 10.2. The van der Waals surface area contributed by atoms with Gasteiger partial charge in [0.05, 0.1) is 25.0 Å². The number of β-amino-alcohol motifs (C(OH)–C–C–N with tert-alkyl or cyclic N) is 1. The molecule has 0 spiro atoms. The van der Waals surface area contributed by atoms with Crippen molar-refractivity contribution in [3.8, 4) is 5.69 Å². The lowest BCUT2D eigenvalue weighted by Gasteiger charge is -2.46. The molecule has 2 heterocycles. The Balaban J connectivity index is 1.28. The van der Waals surface area contributed by atoms with Crippen LogP contribution in [0.1, 0.15) is 36.4 Å². The number of rotatable bonds is 4. The van der Waals surface area contributed by atoms with E-state index in [4.69, 9.17) is 0 Å². The van der Waals surface area contributed by atoms with E-state index in [1.54, 1.807) is 15.8 Å². The highest BCUT2D eigenvalue weighted by molar-refractivity contribution is 5.81. The second-order valence-corrected chi connectivity index (χ2v) is 8.16. The number of nitrogens with zero attached hydrogens (tertiary/aromatic N) is 4. The minimum Gasteiger partial charge on any atom is -0.380 e. The van der Waals surface area contributed by atoms with Gasteiger partial charge in [0.1, 0.15) is 11.3 Å². The second-order valence-electron chi connectivity index (χ2n) is 8.16. The highest BCUT2D eigenvalue weighted by Gasteiger charge is 2.49. The van der Waals surface area contributed by atoms with Crippen molar-refractivity contribution < 1.29 is 9.90 Å². The molecule has 3 aromatic rings. The minimum absolute atomic E-state index is 0.00181. The van der Waals surface area contributed by atoms with Crippen LogP contribution in [0.3, 0.4) is 0 Å². The number of carbonyl (C=O) groups excluding carboxylic acids is 1. The average Bonchev–Trinajstić information content (AvgIpc) is 3.42. The van der Waals surface area contributed by atoms with Crippen molar-refractivity contribution in [2.24, 2.45) is 5.92 Å². The lowest BCUT2D eigenvalue weighted by atomic mass is 9.84. The molecule has 2 aliphatic rings. The van der Waals surface area contributed by atoms with E-state index < -0.39 is 5.60 Å². The van der Waals surface area contributed by atoms with Gasteiger partial charge in [-0.25, -0.2) is 4.68 Å². The van der Waals surface area contributed by atoms with Crippen molar-refractivity contribution in [2.75, 3.05) is 13.1 Å². The van der Waals surface area contributed by atoms with Gasteiger partial charge in [0.15, 0.2) is 0 Å². The monoisotopic (exact) mass is 388 g/mol. The SMILES string of the molecule is O=C(C1CCCC1c1ccccc1)N1CC(O)(c2cn(-c3ccccc3)nn2)C1. The molecule has 0 radical (unpaired) electrons. The summed E-state index contributed by atoms with van der Waals surface area (Å²) in [6.07, 6.45) is 4.78. The van der Waals surface area contributed by atoms with Gasteiger partial charge in [-0.2, -0.15) is 0 Å². The largest absolute Gasteiger partial charge is 0.380 e. The summed E-state index contributed by atoms with van der Waals surface area (Å²) in [6, 6.07) is 20.0. The third-order valence-electron chi connectivity index (χ3n) is 6.27. The van der Waals surface area contributed by atoms with Crippen LogP contribution >= 0.6 is 0 Å². The topological polar surface area (TPSA) is 71.2 Å². The summed E-state index contributed by atoms with van der Waals surface area (Å²) in [5.41, 5.74) is 1.52. The lowest BCUT2D eigenvalue weighted by Crippen LogP contribution is -2.62.